The van der Waals surface area contributed by atoms with Crippen molar-refractivity contribution in [2.24, 2.45) is 0 Å². The molecule has 3 aromatic rings. The van der Waals surface area contributed by atoms with Gasteiger partial charge in [-0.05, 0) is 19.4 Å². The Kier molecular flexibility index (Phi) is 4.20. The number of rotatable bonds is 4. The first-order valence-electron chi connectivity index (χ1n) is 7.09. The van der Waals surface area contributed by atoms with Crippen LogP contribution in [-0.2, 0) is 0 Å². The molecule has 0 saturated heterocycles. The number of thioether (sulfide) groups is 1. The van der Waals surface area contributed by atoms with Crippen molar-refractivity contribution in [3.63, 3.8) is 0 Å². The lowest BCUT2D eigenvalue weighted by molar-refractivity contribution is 0.102. The minimum atomic E-state index is 0.122. The van der Waals surface area contributed by atoms with Crippen LogP contribution < -0.4 is 0 Å². The lowest BCUT2D eigenvalue weighted by Crippen LogP contribution is -2.05. The molecule has 0 unspecified atom stereocenters. The standard InChI is InChI=1S/C18H16N2OS/c1-12-7-8-15(13(2)9-12)17(21)11-22-18-16-6-4-3-5-14(16)10-19-20-18/h3-10H,11H2,1-2H3. The highest BCUT2D eigenvalue weighted by atomic mass is 32.2. The van der Waals surface area contributed by atoms with Crippen molar-refractivity contribution < 1.29 is 4.79 Å². The van der Waals surface area contributed by atoms with Gasteiger partial charge in [-0.1, -0.05) is 59.8 Å². The van der Waals surface area contributed by atoms with Gasteiger partial charge in [0, 0.05) is 16.3 Å². The Bertz CT molecular complexity index is 840. The molecular formula is C18H16N2OS. The fourth-order valence-electron chi connectivity index (χ4n) is 2.45. The van der Waals surface area contributed by atoms with E-state index in [1.807, 2.05) is 56.3 Å². The molecule has 1 aromatic heterocycles. The van der Waals surface area contributed by atoms with E-state index in [4.69, 9.17) is 0 Å². The maximum absolute atomic E-state index is 12.4. The van der Waals surface area contributed by atoms with Crippen LogP contribution in [0.15, 0.2) is 53.7 Å². The molecule has 2 aromatic carbocycles. The molecule has 110 valence electrons. The molecule has 0 spiro atoms. The van der Waals surface area contributed by atoms with Gasteiger partial charge in [0.05, 0.1) is 11.9 Å². The first kappa shape index (κ1) is 14.7. The SMILES string of the molecule is Cc1ccc(C(=O)CSc2nncc3ccccc23)c(C)c1. The zero-order valence-corrected chi connectivity index (χ0v) is 13.4. The lowest BCUT2D eigenvalue weighted by Gasteiger charge is -2.07. The second-order valence-corrected chi connectivity index (χ2v) is 6.23. The van der Waals surface area contributed by atoms with E-state index in [2.05, 4.69) is 10.2 Å². The monoisotopic (exact) mass is 308 g/mol. The molecule has 0 bridgehead atoms. The number of aryl methyl sites for hydroxylation is 2. The minimum absolute atomic E-state index is 0.122. The Morgan fingerprint density at radius 1 is 1.14 bits per heavy atom. The van der Waals surface area contributed by atoms with E-state index < -0.39 is 0 Å². The summed E-state index contributed by atoms with van der Waals surface area (Å²) < 4.78 is 0. The van der Waals surface area contributed by atoms with Crippen LogP contribution in [0.3, 0.4) is 0 Å². The Morgan fingerprint density at radius 2 is 1.95 bits per heavy atom. The van der Waals surface area contributed by atoms with Gasteiger partial charge in [-0.25, -0.2) is 0 Å². The number of nitrogens with zero attached hydrogens (tertiary/aromatic N) is 2. The molecule has 0 aliphatic rings. The number of carbonyl (C=O) groups excluding carboxylic acids is 1. The van der Waals surface area contributed by atoms with Crippen LogP contribution in [0.4, 0.5) is 0 Å². The van der Waals surface area contributed by atoms with Gasteiger partial charge in [0.2, 0.25) is 0 Å². The van der Waals surface area contributed by atoms with Gasteiger partial charge >= 0.3 is 0 Å². The number of hydrogen-bond donors (Lipinski definition) is 0. The fraction of sp³-hybridized carbons (Fsp3) is 0.167. The highest BCUT2D eigenvalue weighted by molar-refractivity contribution is 8.00. The smallest absolute Gasteiger partial charge is 0.173 e. The molecule has 22 heavy (non-hydrogen) atoms. The van der Waals surface area contributed by atoms with Crippen LogP contribution >= 0.6 is 11.8 Å². The third-order valence-electron chi connectivity index (χ3n) is 3.56. The molecule has 3 nitrogen and oxygen atoms in total. The van der Waals surface area contributed by atoms with Crippen molar-refractivity contribution in [1.29, 1.82) is 0 Å². The quantitative estimate of drug-likeness (QED) is 0.534. The zero-order chi connectivity index (χ0) is 15.5. The summed E-state index contributed by atoms with van der Waals surface area (Å²) in [5.41, 5.74) is 2.97. The maximum Gasteiger partial charge on any atom is 0.173 e. The lowest BCUT2D eigenvalue weighted by atomic mass is 10.0. The van der Waals surface area contributed by atoms with Crippen molar-refractivity contribution in [2.45, 2.75) is 18.9 Å². The second-order valence-electron chi connectivity index (χ2n) is 5.27. The molecule has 4 heteroatoms. The number of fused-ring (bicyclic) bond motifs is 1. The van der Waals surface area contributed by atoms with Crippen LogP contribution in [0, 0.1) is 13.8 Å². The minimum Gasteiger partial charge on any atom is -0.293 e. The average Bonchev–Trinajstić information content (AvgIpc) is 2.52. The molecule has 0 radical (unpaired) electrons. The van der Waals surface area contributed by atoms with Gasteiger partial charge in [0.15, 0.2) is 5.78 Å². The summed E-state index contributed by atoms with van der Waals surface area (Å²) in [7, 11) is 0. The number of carbonyl (C=O) groups is 1. The van der Waals surface area contributed by atoms with Crippen LogP contribution in [0.2, 0.25) is 0 Å². The van der Waals surface area contributed by atoms with Crippen LogP contribution in [0.1, 0.15) is 21.5 Å². The van der Waals surface area contributed by atoms with Gasteiger partial charge in [0.25, 0.3) is 0 Å². The van der Waals surface area contributed by atoms with E-state index >= 15 is 0 Å². The van der Waals surface area contributed by atoms with E-state index in [-0.39, 0.29) is 5.78 Å². The summed E-state index contributed by atoms with van der Waals surface area (Å²) in [6.45, 7) is 4.00. The van der Waals surface area contributed by atoms with Crippen LogP contribution in [0.25, 0.3) is 10.8 Å². The normalized spacial score (nSPS) is 10.8. The topological polar surface area (TPSA) is 42.9 Å². The third kappa shape index (κ3) is 3.02. The Balaban J connectivity index is 1.80. The highest BCUT2D eigenvalue weighted by Crippen LogP contribution is 2.25. The summed E-state index contributed by atoms with van der Waals surface area (Å²) in [5, 5.41) is 11.1. The van der Waals surface area contributed by atoms with Gasteiger partial charge in [0.1, 0.15) is 5.03 Å². The van der Waals surface area contributed by atoms with Gasteiger partial charge in [-0.15, -0.1) is 5.10 Å². The molecule has 0 fully saturated rings. The summed E-state index contributed by atoms with van der Waals surface area (Å²) in [6.07, 6.45) is 1.74. The van der Waals surface area contributed by atoms with E-state index in [9.17, 15) is 4.79 Å². The predicted molar refractivity (Wildman–Crippen MR) is 90.5 cm³/mol. The van der Waals surface area contributed by atoms with E-state index in [1.54, 1.807) is 6.20 Å². The van der Waals surface area contributed by atoms with Crippen molar-refractivity contribution >= 4 is 28.3 Å². The summed E-state index contributed by atoms with van der Waals surface area (Å²) >= 11 is 1.44. The molecule has 0 amide bonds. The summed E-state index contributed by atoms with van der Waals surface area (Å²) in [4.78, 5) is 12.4. The van der Waals surface area contributed by atoms with Gasteiger partial charge in [-0.2, -0.15) is 5.10 Å². The maximum atomic E-state index is 12.4. The predicted octanol–water partition coefficient (Wildman–Crippen LogP) is 4.22. The Labute approximate surface area is 133 Å². The fourth-order valence-corrected chi connectivity index (χ4v) is 3.32. The third-order valence-corrected chi connectivity index (χ3v) is 4.54. The molecule has 0 aliphatic carbocycles. The zero-order valence-electron chi connectivity index (χ0n) is 12.5. The average molecular weight is 308 g/mol. The molecule has 0 aliphatic heterocycles. The molecule has 3 rings (SSSR count). The first-order chi connectivity index (χ1) is 10.6. The van der Waals surface area contributed by atoms with Crippen molar-refractivity contribution in [3.05, 3.63) is 65.4 Å². The van der Waals surface area contributed by atoms with Crippen LogP contribution in [-0.4, -0.2) is 21.7 Å². The van der Waals surface area contributed by atoms with Crippen molar-refractivity contribution in [1.82, 2.24) is 10.2 Å². The van der Waals surface area contributed by atoms with Crippen molar-refractivity contribution in [3.8, 4) is 0 Å². The Hall–Kier alpha value is -2.20. The summed E-state index contributed by atoms with van der Waals surface area (Å²) in [5.74, 6) is 0.490. The van der Waals surface area contributed by atoms with E-state index in [0.29, 0.717) is 5.75 Å². The second kappa shape index (κ2) is 6.28. The highest BCUT2D eigenvalue weighted by Gasteiger charge is 2.11. The summed E-state index contributed by atoms with van der Waals surface area (Å²) in [6, 6.07) is 13.9. The largest absolute Gasteiger partial charge is 0.293 e. The van der Waals surface area contributed by atoms with Gasteiger partial charge < -0.3 is 0 Å². The number of aromatic nitrogens is 2. The number of hydrogen-bond acceptors (Lipinski definition) is 4. The van der Waals surface area contributed by atoms with E-state index in [0.717, 1.165) is 26.9 Å². The molecule has 0 N–H and O–H groups in total. The number of Topliss-reactive ketones (excluding diaryl/α,β-unsaturated/α-hetero) is 1. The molecular weight excluding hydrogens is 292 g/mol. The number of ketones is 1. The number of benzene rings is 2. The molecule has 0 saturated carbocycles. The first-order valence-corrected chi connectivity index (χ1v) is 8.07. The van der Waals surface area contributed by atoms with Crippen molar-refractivity contribution in [2.75, 3.05) is 5.75 Å². The Morgan fingerprint density at radius 3 is 2.77 bits per heavy atom. The van der Waals surface area contributed by atoms with Gasteiger partial charge in [-0.3, -0.25) is 4.79 Å². The van der Waals surface area contributed by atoms with E-state index in [1.165, 1.54) is 17.3 Å². The molecule has 1 heterocycles. The van der Waals surface area contributed by atoms with Crippen LogP contribution in [0.5, 0.6) is 0 Å². The molecule has 0 atom stereocenters.